The number of nitrogens with zero attached hydrogens (tertiary/aromatic N) is 2. The van der Waals surface area contributed by atoms with Gasteiger partial charge in [-0.3, -0.25) is 0 Å². The summed E-state index contributed by atoms with van der Waals surface area (Å²) in [6.07, 6.45) is 3.12. The van der Waals surface area contributed by atoms with Gasteiger partial charge in [0.25, 0.3) is 10.2 Å². The van der Waals surface area contributed by atoms with E-state index in [4.69, 9.17) is 0 Å². The van der Waals surface area contributed by atoms with Crippen molar-refractivity contribution in [3.8, 4) is 0 Å². The van der Waals surface area contributed by atoms with Crippen LogP contribution < -0.4 is 5.32 Å². The van der Waals surface area contributed by atoms with Crippen LogP contribution in [0, 0.1) is 11.8 Å². The van der Waals surface area contributed by atoms with E-state index >= 15 is 0 Å². The minimum atomic E-state index is -3.21. The predicted molar refractivity (Wildman–Crippen MR) is 72.5 cm³/mol. The standard InChI is InChI=1S/C12H25N3O2S/c1-11-4-3-6-14(9-11)18(16,17)15-7-5-12(10-15)8-13-2/h11-13H,3-10H2,1-2H3. The first kappa shape index (κ1) is 14.2. The van der Waals surface area contributed by atoms with Crippen LogP contribution in [0.4, 0.5) is 0 Å². The minimum absolute atomic E-state index is 0.465. The van der Waals surface area contributed by atoms with Crippen molar-refractivity contribution in [3.05, 3.63) is 0 Å². The quantitative estimate of drug-likeness (QED) is 0.813. The molecule has 0 aromatic heterocycles. The summed E-state index contributed by atoms with van der Waals surface area (Å²) in [4.78, 5) is 0. The van der Waals surface area contributed by atoms with Crippen molar-refractivity contribution in [3.63, 3.8) is 0 Å². The average molecular weight is 275 g/mol. The molecule has 2 unspecified atom stereocenters. The number of nitrogens with one attached hydrogen (secondary N) is 1. The first-order valence-corrected chi connectivity index (χ1v) is 8.33. The Balaban J connectivity index is 1.98. The number of hydrogen-bond acceptors (Lipinski definition) is 3. The van der Waals surface area contributed by atoms with E-state index in [1.54, 1.807) is 8.61 Å². The predicted octanol–water partition coefficient (Wildman–Crippen LogP) is 0.504. The van der Waals surface area contributed by atoms with E-state index in [0.717, 1.165) is 25.8 Å². The van der Waals surface area contributed by atoms with E-state index in [0.29, 0.717) is 38.0 Å². The number of hydrogen-bond donors (Lipinski definition) is 1. The van der Waals surface area contributed by atoms with Crippen LogP contribution in [0.25, 0.3) is 0 Å². The fourth-order valence-electron chi connectivity index (χ4n) is 2.98. The molecule has 0 spiro atoms. The Morgan fingerprint density at radius 1 is 1.17 bits per heavy atom. The van der Waals surface area contributed by atoms with Gasteiger partial charge >= 0.3 is 0 Å². The topological polar surface area (TPSA) is 52.7 Å². The van der Waals surface area contributed by atoms with Gasteiger partial charge in [-0.15, -0.1) is 0 Å². The molecule has 18 heavy (non-hydrogen) atoms. The van der Waals surface area contributed by atoms with Crippen LogP contribution >= 0.6 is 0 Å². The number of piperidine rings is 1. The van der Waals surface area contributed by atoms with Gasteiger partial charge in [-0.2, -0.15) is 17.0 Å². The highest BCUT2D eigenvalue weighted by Gasteiger charge is 2.36. The lowest BCUT2D eigenvalue weighted by Gasteiger charge is -2.33. The highest BCUT2D eigenvalue weighted by atomic mass is 32.2. The molecule has 0 amide bonds. The van der Waals surface area contributed by atoms with Crippen LogP contribution in [0.1, 0.15) is 26.2 Å². The average Bonchev–Trinajstić information content (AvgIpc) is 2.79. The third kappa shape index (κ3) is 3.04. The lowest BCUT2D eigenvalue weighted by Crippen LogP contribution is -2.47. The van der Waals surface area contributed by atoms with Gasteiger partial charge in [0.05, 0.1) is 0 Å². The van der Waals surface area contributed by atoms with Crippen molar-refractivity contribution in [2.24, 2.45) is 11.8 Å². The Labute approximate surface area is 111 Å². The lowest BCUT2D eigenvalue weighted by molar-refractivity contribution is 0.263. The smallest absolute Gasteiger partial charge is 0.281 e. The summed E-state index contributed by atoms with van der Waals surface area (Å²) in [7, 11) is -1.29. The molecule has 0 bridgehead atoms. The van der Waals surface area contributed by atoms with Gasteiger partial charge in [-0.05, 0) is 44.7 Å². The largest absolute Gasteiger partial charge is 0.319 e. The fraction of sp³-hybridized carbons (Fsp3) is 1.00. The van der Waals surface area contributed by atoms with Gasteiger partial charge in [0, 0.05) is 26.2 Å². The normalized spacial score (nSPS) is 31.9. The summed E-state index contributed by atoms with van der Waals surface area (Å²) in [6.45, 7) is 5.78. The molecule has 0 aliphatic carbocycles. The van der Waals surface area contributed by atoms with Crippen LogP contribution in [0.2, 0.25) is 0 Å². The van der Waals surface area contributed by atoms with Crippen molar-refractivity contribution in [2.45, 2.75) is 26.2 Å². The maximum absolute atomic E-state index is 12.5. The van der Waals surface area contributed by atoms with Gasteiger partial charge in [0.2, 0.25) is 0 Å². The molecule has 1 N–H and O–H groups in total. The highest BCUT2D eigenvalue weighted by Crippen LogP contribution is 2.25. The number of rotatable bonds is 4. The summed E-state index contributed by atoms with van der Waals surface area (Å²) in [5.74, 6) is 0.955. The molecule has 106 valence electrons. The Morgan fingerprint density at radius 2 is 1.89 bits per heavy atom. The summed E-state index contributed by atoms with van der Waals surface area (Å²) < 4.78 is 28.4. The maximum Gasteiger partial charge on any atom is 0.281 e. The van der Waals surface area contributed by atoms with E-state index < -0.39 is 10.2 Å². The summed E-state index contributed by atoms with van der Waals surface area (Å²) in [6, 6.07) is 0. The Kier molecular flexibility index (Phi) is 4.64. The third-order valence-corrected chi connectivity index (χ3v) is 5.98. The molecule has 6 heteroatoms. The van der Waals surface area contributed by atoms with Gasteiger partial charge in [-0.1, -0.05) is 6.92 Å². The van der Waals surface area contributed by atoms with E-state index in [9.17, 15) is 8.42 Å². The third-order valence-electron chi connectivity index (χ3n) is 4.01. The summed E-state index contributed by atoms with van der Waals surface area (Å²) in [5, 5.41) is 3.13. The molecule has 2 aliphatic heterocycles. The van der Waals surface area contributed by atoms with Crippen LogP contribution in [0.15, 0.2) is 0 Å². The van der Waals surface area contributed by atoms with Crippen LogP contribution in [0.5, 0.6) is 0 Å². The van der Waals surface area contributed by atoms with Crippen molar-refractivity contribution < 1.29 is 8.42 Å². The monoisotopic (exact) mass is 275 g/mol. The van der Waals surface area contributed by atoms with Crippen molar-refractivity contribution >= 4 is 10.2 Å². The molecule has 0 aromatic rings. The van der Waals surface area contributed by atoms with E-state index in [-0.39, 0.29) is 0 Å². The molecule has 0 saturated carbocycles. The van der Waals surface area contributed by atoms with Crippen molar-refractivity contribution in [2.75, 3.05) is 39.8 Å². The molecule has 2 aliphatic rings. The molecule has 2 saturated heterocycles. The molecule has 2 rings (SSSR count). The first-order chi connectivity index (χ1) is 8.54. The second kappa shape index (κ2) is 5.86. The second-order valence-electron chi connectivity index (χ2n) is 5.68. The Hall–Kier alpha value is -0.170. The van der Waals surface area contributed by atoms with Crippen LogP contribution in [0.3, 0.4) is 0 Å². The molecular weight excluding hydrogens is 250 g/mol. The molecule has 5 nitrogen and oxygen atoms in total. The zero-order chi connectivity index (χ0) is 13.2. The first-order valence-electron chi connectivity index (χ1n) is 6.94. The van der Waals surface area contributed by atoms with E-state index in [1.165, 1.54) is 0 Å². The lowest BCUT2D eigenvalue weighted by atomic mass is 10.0. The zero-order valence-electron chi connectivity index (χ0n) is 11.4. The fourth-order valence-corrected chi connectivity index (χ4v) is 4.85. The maximum atomic E-state index is 12.5. The van der Waals surface area contributed by atoms with Gasteiger partial charge in [0.15, 0.2) is 0 Å². The Bertz CT molecular complexity index is 372. The molecule has 2 atom stereocenters. The Morgan fingerprint density at radius 3 is 2.56 bits per heavy atom. The SMILES string of the molecule is CNCC1CCN(S(=O)(=O)N2CCCC(C)C2)C1. The summed E-state index contributed by atoms with van der Waals surface area (Å²) >= 11 is 0. The molecule has 2 heterocycles. The van der Waals surface area contributed by atoms with Crippen molar-refractivity contribution in [1.82, 2.24) is 13.9 Å². The molecule has 0 radical (unpaired) electrons. The van der Waals surface area contributed by atoms with E-state index in [2.05, 4.69) is 12.2 Å². The van der Waals surface area contributed by atoms with Crippen LogP contribution in [-0.4, -0.2) is 56.8 Å². The highest BCUT2D eigenvalue weighted by molar-refractivity contribution is 7.86. The minimum Gasteiger partial charge on any atom is -0.319 e. The zero-order valence-corrected chi connectivity index (χ0v) is 12.2. The van der Waals surface area contributed by atoms with Gasteiger partial charge < -0.3 is 5.32 Å². The molecule has 2 fully saturated rings. The van der Waals surface area contributed by atoms with Crippen molar-refractivity contribution in [1.29, 1.82) is 0 Å². The van der Waals surface area contributed by atoms with Gasteiger partial charge in [0.1, 0.15) is 0 Å². The second-order valence-corrected chi connectivity index (χ2v) is 7.61. The van der Waals surface area contributed by atoms with E-state index in [1.807, 2.05) is 7.05 Å². The van der Waals surface area contributed by atoms with Gasteiger partial charge in [-0.25, -0.2) is 0 Å². The molecular formula is C12H25N3O2S. The summed E-state index contributed by atoms with van der Waals surface area (Å²) in [5.41, 5.74) is 0. The molecule has 0 aromatic carbocycles. The van der Waals surface area contributed by atoms with Crippen LogP contribution in [-0.2, 0) is 10.2 Å².